The number of non-ortho nitro benzene ring substituents is 1. The van der Waals surface area contributed by atoms with Crippen LogP contribution < -0.4 is 10.6 Å². The van der Waals surface area contributed by atoms with Crippen molar-refractivity contribution < 1.29 is 14.5 Å². The highest BCUT2D eigenvalue weighted by Gasteiger charge is 2.15. The fourth-order valence-corrected chi connectivity index (χ4v) is 1.84. The molecule has 0 saturated carbocycles. The van der Waals surface area contributed by atoms with E-state index >= 15 is 0 Å². The first-order valence-electron chi connectivity index (χ1n) is 6.32. The molecule has 0 atom stereocenters. The zero-order valence-electron chi connectivity index (χ0n) is 11.7. The highest BCUT2D eigenvalue weighted by atomic mass is 35.5. The lowest BCUT2D eigenvalue weighted by atomic mass is 10.2. The standard InChI is InChI=1S/C13H16ClN3O4/c1-8(2)16-12(18)5-6-15-13(19)10-4-3-9(17(20)21)7-11(10)14/h3-4,7-8H,5-6H2,1-2H3,(H,15,19)(H,16,18). The molecular weight excluding hydrogens is 298 g/mol. The Morgan fingerprint density at radius 1 is 1.38 bits per heavy atom. The van der Waals surface area contributed by atoms with Crippen molar-refractivity contribution in [2.24, 2.45) is 0 Å². The number of halogens is 1. The van der Waals surface area contributed by atoms with Crippen molar-refractivity contribution in [1.29, 1.82) is 0 Å². The molecule has 1 aromatic carbocycles. The second-order valence-electron chi connectivity index (χ2n) is 4.65. The minimum atomic E-state index is -0.593. The maximum absolute atomic E-state index is 11.9. The van der Waals surface area contributed by atoms with E-state index in [0.29, 0.717) is 0 Å². The fraction of sp³-hybridized carbons (Fsp3) is 0.385. The SMILES string of the molecule is CC(C)NC(=O)CCNC(=O)c1ccc([N+](=O)[O-])cc1Cl. The lowest BCUT2D eigenvalue weighted by Gasteiger charge is -2.09. The number of carbonyl (C=O) groups excluding carboxylic acids is 2. The van der Waals surface area contributed by atoms with E-state index in [2.05, 4.69) is 10.6 Å². The molecule has 0 aliphatic rings. The van der Waals surface area contributed by atoms with Crippen LogP contribution in [0, 0.1) is 10.1 Å². The Morgan fingerprint density at radius 3 is 2.57 bits per heavy atom. The molecule has 21 heavy (non-hydrogen) atoms. The van der Waals surface area contributed by atoms with Crippen LogP contribution in [0.25, 0.3) is 0 Å². The van der Waals surface area contributed by atoms with E-state index in [0.717, 1.165) is 6.07 Å². The van der Waals surface area contributed by atoms with E-state index in [9.17, 15) is 19.7 Å². The number of nitrogens with one attached hydrogen (secondary N) is 2. The Hall–Kier alpha value is -2.15. The number of rotatable bonds is 6. The predicted octanol–water partition coefficient (Wildman–Crippen LogP) is 1.89. The highest BCUT2D eigenvalue weighted by Crippen LogP contribution is 2.22. The minimum absolute atomic E-state index is 0.00617. The van der Waals surface area contributed by atoms with Crippen molar-refractivity contribution in [1.82, 2.24) is 10.6 Å². The molecule has 0 aromatic heterocycles. The van der Waals surface area contributed by atoms with E-state index in [4.69, 9.17) is 11.6 Å². The predicted molar refractivity (Wildman–Crippen MR) is 78.3 cm³/mol. The number of nitrogens with zero attached hydrogens (tertiary/aromatic N) is 1. The van der Waals surface area contributed by atoms with Crippen LogP contribution in [0.2, 0.25) is 5.02 Å². The van der Waals surface area contributed by atoms with E-state index in [-0.39, 0.29) is 41.2 Å². The summed E-state index contributed by atoms with van der Waals surface area (Å²) >= 11 is 5.83. The van der Waals surface area contributed by atoms with Crippen molar-refractivity contribution in [2.45, 2.75) is 26.3 Å². The van der Waals surface area contributed by atoms with Crippen molar-refractivity contribution in [3.63, 3.8) is 0 Å². The van der Waals surface area contributed by atoms with Gasteiger partial charge in [-0.1, -0.05) is 11.6 Å². The fourth-order valence-electron chi connectivity index (χ4n) is 1.58. The van der Waals surface area contributed by atoms with Gasteiger partial charge in [0, 0.05) is 31.1 Å². The van der Waals surface area contributed by atoms with Crippen LogP contribution in [-0.2, 0) is 4.79 Å². The maximum atomic E-state index is 11.9. The highest BCUT2D eigenvalue weighted by molar-refractivity contribution is 6.34. The van der Waals surface area contributed by atoms with Gasteiger partial charge in [-0.15, -0.1) is 0 Å². The molecule has 1 rings (SSSR count). The average Bonchev–Trinajstić information content (AvgIpc) is 2.37. The summed E-state index contributed by atoms with van der Waals surface area (Å²) in [6, 6.07) is 3.63. The van der Waals surface area contributed by atoms with Crippen molar-refractivity contribution in [3.05, 3.63) is 38.9 Å². The molecule has 0 spiro atoms. The van der Waals surface area contributed by atoms with Crippen LogP contribution in [0.1, 0.15) is 30.6 Å². The van der Waals surface area contributed by atoms with Gasteiger partial charge in [-0.05, 0) is 19.9 Å². The summed E-state index contributed by atoms with van der Waals surface area (Å²) in [6.07, 6.45) is 0.147. The molecule has 2 N–H and O–H groups in total. The largest absolute Gasteiger partial charge is 0.354 e. The van der Waals surface area contributed by atoms with Gasteiger partial charge in [0.15, 0.2) is 0 Å². The summed E-state index contributed by atoms with van der Waals surface area (Å²) in [5.41, 5.74) is -0.0561. The van der Waals surface area contributed by atoms with E-state index in [1.807, 2.05) is 13.8 Å². The second-order valence-corrected chi connectivity index (χ2v) is 5.06. The Balaban J connectivity index is 2.56. The average molecular weight is 314 g/mol. The lowest BCUT2D eigenvalue weighted by molar-refractivity contribution is -0.384. The molecule has 8 heteroatoms. The molecule has 0 aliphatic carbocycles. The van der Waals surface area contributed by atoms with Gasteiger partial charge in [0.25, 0.3) is 11.6 Å². The number of amides is 2. The summed E-state index contributed by atoms with van der Waals surface area (Å²) in [5.74, 6) is -0.646. The first-order chi connectivity index (χ1) is 9.81. The van der Waals surface area contributed by atoms with E-state index in [1.54, 1.807) is 0 Å². The van der Waals surface area contributed by atoms with Gasteiger partial charge >= 0.3 is 0 Å². The maximum Gasteiger partial charge on any atom is 0.270 e. The van der Waals surface area contributed by atoms with Crippen molar-refractivity contribution in [3.8, 4) is 0 Å². The van der Waals surface area contributed by atoms with Crippen LogP contribution in [-0.4, -0.2) is 29.3 Å². The molecule has 0 saturated heterocycles. The van der Waals surface area contributed by atoms with Crippen LogP contribution in [0.3, 0.4) is 0 Å². The van der Waals surface area contributed by atoms with Gasteiger partial charge < -0.3 is 10.6 Å². The normalized spacial score (nSPS) is 10.3. The number of hydrogen-bond donors (Lipinski definition) is 2. The van der Waals surface area contributed by atoms with E-state index < -0.39 is 10.8 Å². The molecule has 0 bridgehead atoms. The molecule has 2 amide bonds. The van der Waals surface area contributed by atoms with Crippen LogP contribution in [0.15, 0.2) is 18.2 Å². The first-order valence-corrected chi connectivity index (χ1v) is 6.70. The van der Waals surface area contributed by atoms with Crippen LogP contribution >= 0.6 is 11.6 Å². The van der Waals surface area contributed by atoms with Crippen molar-refractivity contribution >= 4 is 29.1 Å². The van der Waals surface area contributed by atoms with Crippen LogP contribution in [0.4, 0.5) is 5.69 Å². The van der Waals surface area contributed by atoms with Gasteiger partial charge in [-0.3, -0.25) is 19.7 Å². The summed E-state index contributed by atoms with van der Waals surface area (Å²) < 4.78 is 0. The molecular formula is C13H16ClN3O4. The number of benzene rings is 1. The van der Waals surface area contributed by atoms with Gasteiger partial charge in [0.05, 0.1) is 15.5 Å². The number of nitro groups is 1. The molecule has 0 unspecified atom stereocenters. The van der Waals surface area contributed by atoms with E-state index in [1.165, 1.54) is 12.1 Å². The first kappa shape index (κ1) is 16.9. The topological polar surface area (TPSA) is 101 Å². The molecule has 0 radical (unpaired) electrons. The minimum Gasteiger partial charge on any atom is -0.354 e. The van der Waals surface area contributed by atoms with Gasteiger partial charge in [-0.2, -0.15) is 0 Å². The third-order valence-electron chi connectivity index (χ3n) is 2.50. The Bertz CT molecular complexity index is 560. The summed E-state index contributed by atoms with van der Waals surface area (Å²) in [7, 11) is 0. The number of hydrogen-bond acceptors (Lipinski definition) is 4. The van der Waals surface area contributed by atoms with Gasteiger partial charge in [0.1, 0.15) is 0 Å². The third kappa shape index (κ3) is 5.39. The van der Waals surface area contributed by atoms with Gasteiger partial charge in [-0.25, -0.2) is 0 Å². The monoisotopic (exact) mass is 313 g/mol. The Kier molecular flexibility index (Phi) is 6.10. The van der Waals surface area contributed by atoms with Gasteiger partial charge in [0.2, 0.25) is 5.91 Å². The zero-order chi connectivity index (χ0) is 16.0. The quantitative estimate of drug-likeness (QED) is 0.618. The summed E-state index contributed by atoms with van der Waals surface area (Å²) in [5, 5.41) is 15.8. The molecule has 0 fully saturated rings. The molecule has 7 nitrogen and oxygen atoms in total. The summed E-state index contributed by atoms with van der Waals surface area (Å²) in [4.78, 5) is 33.2. The molecule has 1 aromatic rings. The lowest BCUT2D eigenvalue weighted by Crippen LogP contribution is -2.34. The van der Waals surface area contributed by atoms with Crippen molar-refractivity contribution in [2.75, 3.05) is 6.54 Å². The number of nitro benzene ring substituents is 1. The Morgan fingerprint density at radius 2 is 2.05 bits per heavy atom. The zero-order valence-corrected chi connectivity index (χ0v) is 12.4. The summed E-state index contributed by atoms with van der Waals surface area (Å²) in [6.45, 7) is 3.84. The van der Waals surface area contributed by atoms with Crippen LogP contribution in [0.5, 0.6) is 0 Å². The Labute approximate surface area is 126 Å². The second kappa shape index (κ2) is 7.58. The molecule has 114 valence electrons. The molecule has 0 heterocycles. The number of carbonyl (C=O) groups is 2. The third-order valence-corrected chi connectivity index (χ3v) is 2.81. The molecule has 0 aliphatic heterocycles. The smallest absolute Gasteiger partial charge is 0.270 e.